The quantitative estimate of drug-likeness (QED) is 0.461. The van der Waals surface area contributed by atoms with Crippen LogP contribution in [0.4, 0.5) is 0 Å². The first-order chi connectivity index (χ1) is 5.93. The molecule has 0 bridgehead atoms. The molecule has 2 N–H and O–H groups in total. The van der Waals surface area contributed by atoms with Crippen molar-refractivity contribution in [2.24, 2.45) is 0 Å². The van der Waals surface area contributed by atoms with E-state index < -0.39 is 24.0 Å². The Hall–Kier alpha value is -1.85. The summed E-state index contributed by atoms with van der Waals surface area (Å²) < 4.78 is 4.27. The normalized spacial score (nSPS) is 12.4. The number of carboxylic acid groups (broad SMARTS) is 2. The Kier molecular flexibility index (Phi) is 4.21. The highest BCUT2D eigenvalue weighted by atomic mass is 16.6. The molecular weight excluding hydrogens is 180 g/mol. The molecule has 0 aliphatic heterocycles. The van der Waals surface area contributed by atoms with Crippen LogP contribution in [0.2, 0.25) is 0 Å². The second-order valence-electron chi connectivity index (χ2n) is 2.09. The van der Waals surface area contributed by atoms with E-state index in [9.17, 15) is 14.4 Å². The molecule has 0 amide bonds. The fourth-order valence-corrected chi connectivity index (χ4v) is 0.403. The fourth-order valence-electron chi connectivity index (χ4n) is 0.403. The molecule has 72 valence electrons. The summed E-state index contributed by atoms with van der Waals surface area (Å²) in [6.07, 6.45) is -0.0791. The lowest BCUT2D eigenvalue weighted by Gasteiger charge is -2.04. The van der Waals surface area contributed by atoms with Crippen LogP contribution in [-0.2, 0) is 19.1 Å². The van der Waals surface area contributed by atoms with Crippen molar-refractivity contribution in [2.75, 3.05) is 0 Å². The monoisotopic (exact) mass is 188 g/mol. The van der Waals surface area contributed by atoms with E-state index in [4.69, 9.17) is 10.2 Å². The number of aliphatic carboxylic acids is 2. The van der Waals surface area contributed by atoms with Crippen molar-refractivity contribution >= 4 is 17.9 Å². The highest BCUT2D eigenvalue weighted by molar-refractivity contribution is 5.91. The zero-order valence-electron chi connectivity index (χ0n) is 6.76. The number of esters is 1. The number of carbonyl (C=O) groups excluding carboxylic acids is 1. The molecule has 0 radical (unpaired) electrons. The highest BCUT2D eigenvalue weighted by Gasteiger charge is 2.14. The Balaban J connectivity index is 4.02. The third kappa shape index (κ3) is 5.42. The first-order valence-electron chi connectivity index (χ1n) is 3.28. The molecule has 1 unspecified atom stereocenters. The van der Waals surface area contributed by atoms with E-state index >= 15 is 0 Å². The van der Waals surface area contributed by atoms with E-state index in [1.54, 1.807) is 0 Å². The summed E-state index contributed by atoms with van der Waals surface area (Å²) in [7, 11) is 0. The maximum absolute atomic E-state index is 10.6. The van der Waals surface area contributed by atoms with Gasteiger partial charge in [-0.1, -0.05) is 0 Å². The van der Waals surface area contributed by atoms with Crippen LogP contribution in [0.15, 0.2) is 12.2 Å². The van der Waals surface area contributed by atoms with Gasteiger partial charge in [0.2, 0.25) is 0 Å². The van der Waals surface area contributed by atoms with Crippen LogP contribution in [0, 0.1) is 0 Å². The van der Waals surface area contributed by atoms with Crippen LogP contribution in [0.5, 0.6) is 0 Å². The van der Waals surface area contributed by atoms with Gasteiger partial charge in [-0.3, -0.25) is 0 Å². The van der Waals surface area contributed by atoms with E-state index in [1.807, 2.05) is 0 Å². The van der Waals surface area contributed by atoms with Gasteiger partial charge in [0.05, 0.1) is 0 Å². The predicted molar refractivity (Wildman–Crippen MR) is 40.0 cm³/mol. The number of hydrogen-bond acceptors (Lipinski definition) is 4. The van der Waals surface area contributed by atoms with Gasteiger partial charge in [-0.25, -0.2) is 14.4 Å². The number of carboxylic acids is 2. The van der Waals surface area contributed by atoms with Crippen molar-refractivity contribution < 1.29 is 29.3 Å². The second-order valence-corrected chi connectivity index (χ2v) is 2.09. The summed E-state index contributed by atoms with van der Waals surface area (Å²) in [6.45, 7) is 1.16. The van der Waals surface area contributed by atoms with Gasteiger partial charge in [0.25, 0.3) is 0 Å². The van der Waals surface area contributed by atoms with Gasteiger partial charge in [0.15, 0.2) is 6.10 Å². The van der Waals surface area contributed by atoms with Crippen molar-refractivity contribution in [3.05, 3.63) is 12.2 Å². The Labute approximate surface area is 73.4 Å². The molecule has 0 aliphatic carbocycles. The summed E-state index contributed by atoms with van der Waals surface area (Å²) in [6, 6.07) is 0. The van der Waals surface area contributed by atoms with Crippen LogP contribution < -0.4 is 0 Å². The summed E-state index contributed by atoms with van der Waals surface area (Å²) in [4.78, 5) is 30.7. The smallest absolute Gasteiger partial charge is 0.344 e. The lowest BCUT2D eigenvalue weighted by molar-refractivity contribution is -0.159. The summed E-state index contributed by atoms with van der Waals surface area (Å²) in [5.74, 6) is -3.60. The number of carbonyl (C=O) groups is 3. The van der Waals surface area contributed by atoms with Gasteiger partial charge in [0.1, 0.15) is 0 Å². The Morgan fingerprint density at radius 3 is 2.15 bits per heavy atom. The fraction of sp³-hybridized carbons (Fsp3) is 0.286. The highest BCUT2D eigenvalue weighted by Crippen LogP contribution is 1.92. The summed E-state index contributed by atoms with van der Waals surface area (Å²) >= 11 is 0. The van der Waals surface area contributed by atoms with Crippen LogP contribution in [0.3, 0.4) is 0 Å². The molecule has 0 rings (SSSR count). The topological polar surface area (TPSA) is 101 Å². The van der Waals surface area contributed by atoms with Crippen LogP contribution in [0.25, 0.3) is 0 Å². The van der Waals surface area contributed by atoms with Crippen molar-refractivity contribution in [3.63, 3.8) is 0 Å². The van der Waals surface area contributed by atoms with Gasteiger partial charge in [-0.2, -0.15) is 0 Å². The minimum Gasteiger partial charge on any atom is -0.479 e. The van der Waals surface area contributed by atoms with Crippen molar-refractivity contribution in [1.29, 1.82) is 0 Å². The molecule has 13 heavy (non-hydrogen) atoms. The molecule has 0 spiro atoms. The number of ether oxygens (including phenoxy) is 1. The zero-order valence-corrected chi connectivity index (χ0v) is 6.76. The third-order valence-electron chi connectivity index (χ3n) is 1.00. The molecule has 1 atom stereocenters. The van der Waals surface area contributed by atoms with E-state index in [0.717, 1.165) is 6.92 Å². The van der Waals surface area contributed by atoms with Gasteiger partial charge in [-0.15, -0.1) is 0 Å². The van der Waals surface area contributed by atoms with Crippen molar-refractivity contribution in [1.82, 2.24) is 0 Å². The SMILES string of the molecule is CC(OC(=O)C=CC(=O)O)C(=O)O. The van der Waals surface area contributed by atoms with Gasteiger partial charge in [-0.05, 0) is 6.92 Å². The first kappa shape index (κ1) is 11.2. The van der Waals surface area contributed by atoms with E-state index in [-0.39, 0.29) is 0 Å². The Morgan fingerprint density at radius 2 is 1.77 bits per heavy atom. The molecular formula is C7H8O6. The molecule has 0 aliphatic rings. The third-order valence-corrected chi connectivity index (χ3v) is 1.00. The minimum atomic E-state index is -1.31. The van der Waals surface area contributed by atoms with E-state index in [0.29, 0.717) is 12.2 Å². The van der Waals surface area contributed by atoms with Crippen molar-refractivity contribution in [3.8, 4) is 0 Å². The molecule has 0 saturated heterocycles. The lowest BCUT2D eigenvalue weighted by Crippen LogP contribution is -2.22. The minimum absolute atomic E-state index is 0.566. The molecule has 6 heteroatoms. The lowest BCUT2D eigenvalue weighted by atomic mass is 10.4. The second kappa shape index (κ2) is 4.91. The Morgan fingerprint density at radius 1 is 1.23 bits per heavy atom. The molecule has 0 saturated carbocycles. The molecule has 0 aromatic carbocycles. The van der Waals surface area contributed by atoms with E-state index in [1.165, 1.54) is 0 Å². The summed E-state index contributed by atoms with van der Waals surface area (Å²) in [5, 5.41) is 16.4. The van der Waals surface area contributed by atoms with Crippen LogP contribution >= 0.6 is 0 Å². The molecule has 0 fully saturated rings. The van der Waals surface area contributed by atoms with Crippen molar-refractivity contribution in [2.45, 2.75) is 13.0 Å². The van der Waals surface area contributed by atoms with Crippen LogP contribution in [0.1, 0.15) is 6.92 Å². The van der Waals surface area contributed by atoms with Crippen LogP contribution in [-0.4, -0.2) is 34.2 Å². The summed E-state index contributed by atoms with van der Waals surface area (Å²) in [5.41, 5.74) is 0. The average Bonchev–Trinajstić information content (AvgIpc) is 2.00. The molecule has 0 aromatic rings. The van der Waals surface area contributed by atoms with Gasteiger partial charge in [0, 0.05) is 12.2 Å². The zero-order chi connectivity index (χ0) is 10.4. The molecule has 0 heterocycles. The van der Waals surface area contributed by atoms with Gasteiger partial charge >= 0.3 is 17.9 Å². The molecule has 0 aromatic heterocycles. The van der Waals surface area contributed by atoms with E-state index in [2.05, 4.69) is 4.74 Å². The first-order valence-corrected chi connectivity index (χ1v) is 3.28. The average molecular weight is 188 g/mol. The maximum atomic E-state index is 10.6. The standard InChI is InChI=1S/C7H8O6/c1-4(7(11)12)13-6(10)3-2-5(8)9/h2-4H,1H3,(H,8,9)(H,11,12). The molecule has 6 nitrogen and oxygen atoms in total. The number of hydrogen-bond donors (Lipinski definition) is 2. The van der Waals surface area contributed by atoms with Gasteiger partial charge < -0.3 is 14.9 Å². The largest absolute Gasteiger partial charge is 0.479 e. The number of rotatable bonds is 4. The maximum Gasteiger partial charge on any atom is 0.344 e. The Bertz CT molecular complexity index is 254. The predicted octanol–water partition coefficient (Wildman–Crippen LogP) is -0.357.